The Morgan fingerprint density at radius 2 is 1.97 bits per heavy atom. The summed E-state index contributed by atoms with van der Waals surface area (Å²) in [7, 11) is 3.17. The van der Waals surface area contributed by atoms with Gasteiger partial charge in [0.25, 0.3) is 6.02 Å². The van der Waals surface area contributed by atoms with E-state index in [1.54, 1.807) is 32.8 Å². The predicted molar refractivity (Wildman–Crippen MR) is 125 cm³/mol. The molecule has 2 aliphatic rings. The maximum atomic E-state index is 6.15. The molecule has 0 saturated heterocycles. The molecule has 1 spiro atoms. The summed E-state index contributed by atoms with van der Waals surface area (Å²) in [6.45, 7) is 3.99. The number of hydrogen-bond donors (Lipinski definition) is 1. The van der Waals surface area contributed by atoms with Gasteiger partial charge in [-0.25, -0.2) is 15.0 Å². The molecule has 172 valence electrons. The molecule has 4 heterocycles. The summed E-state index contributed by atoms with van der Waals surface area (Å²) in [6, 6.07) is 7.73. The summed E-state index contributed by atoms with van der Waals surface area (Å²) >= 11 is 0. The molecule has 3 aromatic rings. The third kappa shape index (κ3) is 3.68. The lowest BCUT2D eigenvalue weighted by Gasteiger charge is -2.33. The van der Waals surface area contributed by atoms with Gasteiger partial charge in [0, 0.05) is 30.0 Å². The highest BCUT2D eigenvalue weighted by molar-refractivity contribution is 5.77. The van der Waals surface area contributed by atoms with Gasteiger partial charge in [-0.2, -0.15) is 0 Å². The Labute approximate surface area is 197 Å². The summed E-state index contributed by atoms with van der Waals surface area (Å²) in [5.41, 5.74) is 8.14. The number of amidine groups is 1. The number of fused-ring (bicyclic) bond motifs is 4. The molecule has 2 N–H and O–H groups in total. The van der Waals surface area contributed by atoms with Crippen molar-refractivity contribution >= 4 is 6.02 Å². The maximum absolute atomic E-state index is 6.15. The Hall–Kier alpha value is -4.16. The zero-order valence-electron chi connectivity index (χ0n) is 19.2. The molecule has 1 atom stereocenters. The van der Waals surface area contributed by atoms with E-state index in [-0.39, 0.29) is 12.6 Å². The van der Waals surface area contributed by atoms with E-state index in [4.69, 9.17) is 29.7 Å². The van der Waals surface area contributed by atoms with Crippen LogP contribution in [0.1, 0.15) is 30.5 Å². The molecule has 5 rings (SSSR count). The van der Waals surface area contributed by atoms with Crippen LogP contribution in [0.5, 0.6) is 17.5 Å². The van der Waals surface area contributed by atoms with Crippen molar-refractivity contribution < 1.29 is 18.9 Å². The second kappa shape index (κ2) is 8.01. The molecule has 0 aliphatic carbocycles. The minimum atomic E-state index is -0.934. The van der Waals surface area contributed by atoms with Gasteiger partial charge in [0.15, 0.2) is 5.54 Å². The largest absolute Gasteiger partial charge is 0.480 e. The molecule has 0 radical (unpaired) electrons. The van der Waals surface area contributed by atoms with Crippen molar-refractivity contribution in [3.05, 3.63) is 59.5 Å². The lowest BCUT2D eigenvalue weighted by Crippen LogP contribution is -2.31. The zero-order chi connectivity index (χ0) is 23.9. The first kappa shape index (κ1) is 21.7. The third-order valence-electron chi connectivity index (χ3n) is 5.79. The number of rotatable bonds is 3. The van der Waals surface area contributed by atoms with Crippen LogP contribution in [0.4, 0.5) is 0 Å². The highest BCUT2D eigenvalue weighted by Gasteiger charge is 2.47. The topological polar surface area (TPSA) is 114 Å². The lowest BCUT2D eigenvalue weighted by atomic mass is 9.81. The maximum Gasteiger partial charge on any atom is 0.283 e. The average Bonchev–Trinajstić information content (AvgIpc) is 3.25. The smallest absolute Gasteiger partial charge is 0.283 e. The van der Waals surface area contributed by atoms with E-state index in [2.05, 4.69) is 26.8 Å². The van der Waals surface area contributed by atoms with E-state index in [0.29, 0.717) is 28.8 Å². The number of benzene rings is 1. The first-order valence-corrected chi connectivity index (χ1v) is 10.6. The van der Waals surface area contributed by atoms with Crippen LogP contribution in [0.3, 0.4) is 0 Å². The number of pyridine rings is 1. The number of nitrogens with two attached hydrogens (primary N) is 1. The first-order chi connectivity index (χ1) is 16.3. The Bertz CT molecular complexity index is 1380. The molecule has 2 aliphatic heterocycles. The average molecular weight is 457 g/mol. The van der Waals surface area contributed by atoms with E-state index in [1.807, 2.05) is 38.1 Å². The number of aromatic nitrogens is 3. The van der Waals surface area contributed by atoms with Crippen LogP contribution >= 0.6 is 0 Å². The molecule has 2 aromatic heterocycles. The fourth-order valence-electron chi connectivity index (χ4n) is 3.82. The Morgan fingerprint density at radius 1 is 1.12 bits per heavy atom. The van der Waals surface area contributed by atoms with Gasteiger partial charge in [0.05, 0.1) is 30.8 Å². The third-order valence-corrected chi connectivity index (χ3v) is 5.79. The SMILES string of the molecule is COc1cncc(-c2ccc3c(c2)[C@@]2(COC(N)=N2)c2cc(C#CC(C)(C)OC)cnc2O3)n1. The Kier molecular flexibility index (Phi) is 5.10. The van der Waals surface area contributed by atoms with Gasteiger partial charge in [-0.05, 0) is 38.1 Å². The van der Waals surface area contributed by atoms with Crippen LogP contribution < -0.4 is 15.2 Å². The fourth-order valence-corrected chi connectivity index (χ4v) is 3.82. The molecule has 0 unspecified atom stereocenters. The van der Waals surface area contributed by atoms with Crippen LogP contribution in [0.2, 0.25) is 0 Å². The van der Waals surface area contributed by atoms with Gasteiger partial charge in [-0.3, -0.25) is 4.98 Å². The van der Waals surface area contributed by atoms with E-state index in [0.717, 1.165) is 16.7 Å². The van der Waals surface area contributed by atoms with Crippen LogP contribution in [-0.2, 0) is 15.0 Å². The molecular weight excluding hydrogens is 434 g/mol. The van der Waals surface area contributed by atoms with E-state index >= 15 is 0 Å². The summed E-state index contributed by atoms with van der Waals surface area (Å²) in [5, 5.41) is 0. The van der Waals surface area contributed by atoms with Crippen LogP contribution in [0.25, 0.3) is 11.3 Å². The minimum Gasteiger partial charge on any atom is -0.480 e. The van der Waals surface area contributed by atoms with E-state index in [9.17, 15) is 0 Å². The number of nitrogens with zero attached hydrogens (tertiary/aromatic N) is 4. The van der Waals surface area contributed by atoms with Crippen LogP contribution in [0.15, 0.2) is 47.8 Å². The molecule has 0 saturated carbocycles. The van der Waals surface area contributed by atoms with Crippen molar-refractivity contribution in [2.24, 2.45) is 10.7 Å². The van der Waals surface area contributed by atoms with Crippen LogP contribution in [-0.4, -0.2) is 47.4 Å². The first-order valence-electron chi connectivity index (χ1n) is 10.6. The van der Waals surface area contributed by atoms with Gasteiger partial charge in [0.1, 0.15) is 18.0 Å². The summed E-state index contributed by atoms with van der Waals surface area (Å²) in [4.78, 5) is 17.9. The number of aliphatic imine (C=N–C) groups is 1. The van der Waals surface area contributed by atoms with Gasteiger partial charge < -0.3 is 24.7 Å². The van der Waals surface area contributed by atoms with Crippen molar-refractivity contribution in [2.75, 3.05) is 20.8 Å². The molecule has 9 nitrogen and oxygen atoms in total. The van der Waals surface area contributed by atoms with Crippen LogP contribution in [0, 0.1) is 11.8 Å². The van der Waals surface area contributed by atoms with Crippen molar-refractivity contribution in [2.45, 2.75) is 25.0 Å². The Morgan fingerprint density at radius 3 is 2.71 bits per heavy atom. The summed E-state index contributed by atoms with van der Waals surface area (Å²) < 4.78 is 22.4. The number of ether oxygens (including phenoxy) is 4. The van der Waals surface area contributed by atoms with Gasteiger partial charge >= 0.3 is 0 Å². The van der Waals surface area contributed by atoms with Crippen molar-refractivity contribution in [1.29, 1.82) is 0 Å². The lowest BCUT2D eigenvalue weighted by molar-refractivity contribution is 0.0741. The normalized spacial score (nSPS) is 18.1. The Balaban J connectivity index is 1.65. The number of hydrogen-bond acceptors (Lipinski definition) is 9. The molecule has 9 heteroatoms. The summed E-state index contributed by atoms with van der Waals surface area (Å²) in [6.07, 6.45) is 4.89. The van der Waals surface area contributed by atoms with Crippen molar-refractivity contribution in [1.82, 2.24) is 15.0 Å². The minimum absolute atomic E-state index is 0.0994. The molecular formula is C25H23N5O4. The fraction of sp³-hybridized carbons (Fsp3) is 0.280. The highest BCUT2D eigenvalue weighted by Crippen LogP contribution is 2.51. The molecule has 34 heavy (non-hydrogen) atoms. The second-order valence-corrected chi connectivity index (χ2v) is 8.40. The van der Waals surface area contributed by atoms with Gasteiger partial charge in [-0.1, -0.05) is 11.8 Å². The monoisotopic (exact) mass is 457 g/mol. The van der Waals surface area contributed by atoms with Gasteiger partial charge in [-0.15, -0.1) is 0 Å². The highest BCUT2D eigenvalue weighted by atomic mass is 16.5. The molecule has 0 fully saturated rings. The van der Waals surface area contributed by atoms with E-state index < -0.39 is 11.1 Å². The summed E-state index contributed by atoms with van der Waals surface area (Å²) in [5.74, 6) is 7.70. The van der Waals surface area contributed by atoms with Crippen molar-refractivity contribution in [3.8, 4) is 40.6 Å². The van der Waals surface area contributed by atoms with Crippen molar-refractivity contribution in [3.63, 3.8) is 0 Å². The van der Waals surface area contributed by atoms with E-state index in [1.165, 1.54) is 0 Å². The molecule has 0 bridgehead atoms. The quantitative estimate of drug-likeness (QED) is 0.597. The molecule has 0 amide bonds. The van der Waals surface area contributed by atoms with Gasteiger partial charge in [0.2, 0.25) is 11.8 Å². The predicted octanol–water partition coefficient (Wildman–Crippen LogP) is 3.02. The number of methoxy groups -OCH3 is 2. The molecule has 1 aromatic carbocycles. The second-order valence-electron chi connectivity index (χ2n) is 8.40. The standard InChI is InChI=1S/C25H23N5O4/c1-24(2,32-4)8-7-15-9-18-22(28-11-15)34-20-6-5-16(19-12-27-13-21(29-19)31-3)10-17(20)25(18)14-33-23(26)30-25/h5-6,9-13H,14H2,1-4H3,(H2,26,30)/t25-/m0/s1. The zero-order valence-corrected chi connectivity index (χ0v) is 19.2.